The predicted octanol–water partition coefficient (Wildman–Crippen LogP) is 2.17. The number of hydrogen-bond acceptors (Lipinski definition) is 6. The summed E-state index contributed by atoms with van der Waals surface area (Å²) in [5.74, 6) is 2.06. The SMILES string of the molecule is CNc1nc(N(C)c2ccccc2OC)c2cn[nH]c2n1. The molecule has 0 radical (unpaired) electrons. The number of aromatic amines is 1. The number of nitrogens with zero attached hydrogens (tertiary/aromatic N) is 4. The van der Waals surface area contributed by atoms with Gasteiger partial charge in [0.25, 0.3) is 0 Å². The molecule has 7 heteroatoms. The molecule has 3 aromatic rings. The Morgan fingerprint density at radius 2 is 2.05 bits per heavy atom. The lowest BCUT2D eigenvalue weighted by Crippen LogP contribution is -2.14. The Bertz CT molecular complexity index is 769. The van der Waals surface area contributed by atoms with E-state index in [9.17, 15) is 0 Å². The first-order valence-electron chi connectivity index (χ1n) is 6.50. The molecule has 7 nitrogen and oxygen atoms in total. The molecule has 0 fully saturated rings. The maximum Gasteiger partial charge on any atom is 0.226 e. The topological polar surface area (TPSA) is 79.0 Å². The van der Waals surface area contributed by atoms with Gasteiger partial charge >= 0.3 is 0 Å². The number of fused-ring (bicyclic) bond motifs is 1. The average molecular weight is 284 g/mol. The molecule has 0 saturated carbocycles. The van der Waals surface area contributed by atoms with Crippen molar-refractivity contribution in [2.45, 2.75) is 0 Å². The van der Waals surface area contributed by atoms with Gasteiger partial charge in [-0.15, -0.1) is 0 Å². The van der Waals surface area contributed by atoms with Crippen LogP contribution in [0.25, 0.3) is 11.0 Å². The molecular formula is C14H16N6O. The number of para-hydroxylation sites is 2. The van der Waals surface area contributed by atoms with Gasteiger partial charge in [0, 0.05) is 14.1 Å². The zero-order chi connectivity index (χ0) is 14.8. The molecule has 0 amide bonds. The van der Waals surface area contributed by atoms with Crippen LogP contribution >= 0.6 is 0 Å². The molecule has 3 rings (SSSR count). The molecule has 21 heavy (non-hydrogen) atoms. The Hall–Kier alpha value is -2.83. The number of aromatic nitrogens is 4. The van der Waals surface area contributed by atoms with E-state index in [4.69, 9.17) is 4.74 Å². The molecule has 108 valence electrons. The number of nitrogens with one attached hydrogen (secondary N) is 2. The van der Waals surface area contributed by atoms with Crippen LogP contribution in [0.5, 0.6) is 5.75 Å². The fourth-order valence-electron chi connectivity index (χ4n) is 2.21. The number of ether oxygens (including phenoxy) is 1. The number of hydrogen-bond donors (Lipinski definition) is 2. The van der Waals surface area contributed by atoms with Crippen molar-refractivity contribution in [1.82, 2.24) is 20.2 Å². The van der Waals surface area contributed by atoms with Crippen LogP contribution in [0.1, 0.15) is 0 Å². The van der Waals surface area contributed by atoms with Crippen molar-refractivity contribution in [2.24, 2.45) is 0 Å². The molecule has 2 N–H and O–H groups in total. The fourth-order valence-corrected chi connectivity index (χ4v) is 2.21. The summed E-state index contributed by atoms with van der Waals surface area (Å²) in [6, 6.07) is 7.79. The molecule has 0 atom stereocenters. The minimum absolute atomic E-state index is 0.531. The molecule has 0 saturated heterocycles. The summed E-state index contributed by atoms with van der Waals surface area (Å²) in [7, 11) is 5.37. The molecule has 0 aliphatic carbocycles. The third kappa shape index (κ3) is 2.22. The van der Waals surface area contributed by atoms with Crippen LogP contribution in [-0.2, 0) is 0 Å². The number of anilines is 3. The number of benzene rings is 1. The van der Waals surface area contributed by atoms with Gasteiger partial charge in [-0.1, -0.05) is 12.1 Å². The van der Waals surface area contributed by atoms with Crippen molar-refractivity contribution in [3.8, 4) is 5.75 Å². The molecule has 1 aromatic carbocycles. The molecule has 0 unspecified atom stereocenters. The molecule has 2 aromatic heterocycles. The van der Waals surface area contributed by atoms with Crippen molar-refractivity contribution in [3.63, 3.8) is 0 Å². The standard InChI is InChI=1S/C14H16N6O/c1-15-14-17-12-9(8-16-19-12)13(18-14)20(2)10-6-4-5-7-11(10)21-3/h4-8H,1-3H3,(H2,15,16,17,18,19). The van der Waals surface area contributed by atoms with Gasteiger partial charge in [-0.25, -0.2) is 0 Å². The Balaban J connectivity index is 2.16. The Labute approximate surface area is 122 Å². The van der Waals surface area contributed by atoms with Crippen LogP contribution < -0.4 is 15.0 Å². The second-order valence-corrected chi connectivity index (χ2v) is 4.48. The normalized spacial score (nSPS) is 10.6. The highest BCUT2D eigenvalue weighted by Crippen LogP contribution is 2.34. The third-order valence-corrected chi connectivity index (χ3v) is 3.28. The van der Waals surface area contributed by atoms with Crippen molar-refractivity contribution >= 4 is 28.5 Å². The van der Waals surface area contributed by atoms with Gasteiger partial charge in [0.2, 0.25) is 5.95 Å². The van der Waals surface area contributed by atoms with Gasteiger partial charge in [-0.3, -0.25) is 5.10 Å². The van der Waals surface area contributed by atoms with Gasteiger partial charge < -0.3 is 15.0 Å². The smallest absolute Gasteiger partial charge is 0.226 e. The summed E-state index contributed by atoms with van der Waals surface area (Å²) in [6.45, 7) is 0. The Morgan fingerprint density at radius 3 is 2.81 bits per heavy atom. The number of methoxy groups -OCH3 is 1. The summed E-state index contributed by atoms with van der Waals surface area (Å²) in [5.41, 5.74) is 1.61. The zero-order valence-corrected chi connectivity index (χ0v) is 12.1. The van der Waals surface area contributed by atoms with Gasteiger partial charge in [-0.2, -0.15) is 15.1 Å². The monoisotopic (exact) mass is 284 g/mol. The first kappa shape index (κ1) is 13.2. The maximum atomic E-state index is 5.41. The van der Waals surface area contributed by atoms with E-state index in [0.717, 1.165) is 22.6 Å². The molecule has 0 aliphatic rings. The molecule has 0 bridgehead atoms. The van der Waals surface area contributed by atoms with Crippen LogP contribution in [0, 0.1) is 0 Å². The minimum Gasteiger partial charge on any atom is -0.495 e. The van der Waals surface area contributed by atoms with Crippen LogP contribution in [0.2, 0.25) is 0 Å². The first-order chi connectivity index (χ1) is 10.2. The van der Waals surface area contributed by atoms with E-state index >= 15 is 0 Å². The third-order valence-electron chi connectivity index (χ3n) is 3.28. The van der Waals surface area contributed by atoms with E-state index in [1.807, 2.05) is 36.2 Å². The molecule has 0 spiro atoms. The summed E-state index contributed by atoms with van der Waals surface area (Å²) in [6.07, 6.45) is 1.72. The van der Waals surface area contributed by atoms with Crippen molar-refractivity contribution in [2.75, 3.05) is 31.4 Å². The van der Waals surface area contributed by atoms with Crippen LogP contribution in [0.15, 0.2) is 30.5 Å². The second kappa shape index (κ2) is 5.28. The summed E-state index contributed by atoms with van der Waals surface area (Å²) >= 11 is 0. The van der Waals surface area contributed by atoms with E-state index in [1.165, 1.54) is 0 Å². The van der Waals surface area contributed by atoms with E-state index in [-0.39, 0.29) is 0 Å². The summed E-state index contributed by atoms with van der Waals surface area (Å²) < 4.78 is 5.41. The van der Waals surface area contributed by atoms with E-state index in [2.05, 4.69) is 25.5 Å². The van der Waals surface area contributed by atoms with Crippen LogP contribution in [0.3, 0.4) is 0 Å². The fraction of sp³-hybridized carbons (Fsp3) is 0.214. The quantitative estimate of drug-likeness (QED) is 0.764. The second-order valence-electron chi connectivity index (χ2n) is 4.48. The lowest BCUT2D eigenvalue weighted by Gasteiger charge is -2.21. The van der Waals surface area contributed by atoms with Gasteiger partial charge in [-0.05, 0) is 12.1 Å². The molecule has 0 aliphatic heterocycles. The van der Waals surface area contributed by atoms with Gasteiger partial charge in [0.1, 0.15) is 11.6 Å². The first-order valence-corrected chi connectivity index (χ1v) is 6.50. The van der Waals surface area contributed by atoms with Crippen molar-refractivity contribution < 1.29 is 4.74 Å². The zero-order valence-electron chi connectivity index (χ0n) is 12.1. The highest BCUT2D eigenvalue weighted by atomic mass is 16.5. The van der Waals surface area contributed by atoms with Crippen LogP contribution in [-0.4, -0.2) is 41.4 Å². The predicted molar refractivity (Wildman–Crippen MR) is 82.3 cm³/mol. The van der Waals surface area contributed by atoms with E-state index in [1.54, 1.807) is 20.4 Å². The van der Waals surface area contributed by atoms with E-state index in [0.29, 0.717) is 11.6 Å². The van der Waals surface area contributed by atoms with Crippen LogP contribution in [0.4, 0.5) is 17.5 Å². The Morgan fingerprint density at radius 1 is 1.24 bits per heavy atom. The lowest BCUT2D eigenvalue weighted by molar-refractivity contribution is 0.415. The maximum absolute atomic E-state index is 5.41. The molecule has 2 heterocycles. The van der Waals surface area contributed by atoms with Gasteiger partial charge in [0.05, 0.1) is 24.4 Å². The number of H-pyrrole nitrogens is 1. The minimum atomic E-state index is 0.531. The van der Waals surface area contributed by atoms with Gasteiger partial charge in [0.15, 0.2) is 5.65 Å². The summed E-state index contributed by atoms with van der Waals surface area (Å²) in [5, 5.41) is 10.7. The summed E-state index contributed by atoms with van der Waals surface area (Å²) in [4.78, 5) is 10.8. The highest BCUT2D eigenvalue weighted by Gasteiger charge is 2.16. The van der Waals surface area contributed by atoms with Crippen molar-refractivity contribution in [1.29, 1.82) is 0 Å². The highest BCUT2D eigenvalue weighted by molar-refractivity contribution is 5.90. The number of rotatable bonds is 4. The Kier molecular flexibility index (Phi) is 3.31. The largest absolute Gasteiger partial charge is 0.495 e. The van der Waals surface area contributed by atoms with Crippen molar-refractivity contribution in [3.05, 3.63) is 30.5 Å². The average Bonchev–Trinajstić information content (AvgIpc) is 3.01. The molecular weight excluding hydrogens is 268 g/mol. The van der Waals surface area contributed by atoms with E-state index < -0.39 is 0 Å². The lowest BCUT2D eigenvalue weighted by atomic mass is 10.2.